The number of aromatic nitrogens is 3. The van der Waals surface area contributed by atoms with Crippen molar-refractivity contribution in [3.05, 3.63) is 30.4 Å². The average molecular weight is 339 g/mol. The Morgan fingerprint density at radius 2 is 2.35 bits per heavy atom. The van der Waals surface area contributed by atoms with Crippen molar-refractivity contribution < 1.29 is 17.9 Å². The van der Waals surface area contributed by atoms with Crippen LogP contribution in [0.1, 0.15) is 10.5 Å². The summed E-state index contributed by atoms with van der Waals surface area (Å²) in [5.41, 5.74) is 0.250. The summed E-state index contributed by atoms with van der Waals surface area (Å²) in [6, 6.07) is 1.74. The topological polar surface area (TPSA) is 106 Å². The molecule has 1 N–H and O–H groups in total. The van der Waals surface area contributed by atoms with E-state index < -0.39 is 10.0 Å². The number of hydrogen-bond acceptors (Lipinski definition) is 6. The van der Waals surface area contributed by atoms with Gasteiger partial charge in [-0.15, -0.1) is 0 Å². The minimum absolute atomic E-state index is 0.214. The molecule has 9 nitrogen and oxygen atoms in total. The summed E-state index contributed by atoms with van der Waals surface area (Å²) in [6.07, 6.45) is 5.72. The summed E-state index contributed by atoms with van der Waals surface area (Å²) in [7, 11) is -3.25. The Kier molecular flexibility index (Phi) is 4.28. The van der Waals surface area contributed by atoms with E-state index in [-0.39, 0.29) is 30.8 Å². The smallest absolute Gasteiger partial charge is 0.271 e. The van der Waals surface area contributed by atoms with Gasteiger partial charge in [-0.3, -0.25) is 9.20 Å². The normalized spacial score (nSPS) is 19.8. The zero-order valence-corrected chi connectivity index (χ0v) is 13.4. The molecule has 1 atom stereocenters. The third-order valence-electron chi connectivity index (χ3n) is 3.53. The van der Waals surface area contributed by atoms with Gasteiger partial charge < -0.3 is 10.1 Å². The van der Waals surface area contributed by atoms with E-state index in [1.54, 1.807) is 29.1 Å². The van der Waals surface area contributed by atoms with Crippen LogP contribution in [-0.4, -0.2) is 71.6 Å². The molecule has 10 heteroatoms. The zero-order chi connectivity index (χ0) is 16.4. The molecule has 3 rings (SSSR count). The van der Waals surface area contributed by atoms with Crippen LogP contribution in [0.2, 0.25) is 0 Å². The molecule has 1 fully saturated rings. The highest BCUT2D eigenvalue weighted by Crippen LogP contribution is 2.08. The minimum atomic E-state index is -3.25. The van der Waals surface area contributed by atoms with Crippen molar-refractivity contribution in [3.8, 4) is 0 Å². The van der Waals surface area contributed by atoms with Crippen LogP contribution in [0.5, 0.6) is 0 Å². The fourth-order valence-corrected chi connectivity index (χ4v) is 3.20. The first-order valence-electron chi connectivity index (χ1n) is 7.08. The molecule has 2 aromatic rings. The first kappa shape index (κ1) is 15.8. The van der Waals surface area contributed by atoms with Gasteiger partial charge in [0.2, 0.25) is 15.8 Å². The maximum Gasteiger partial charge on any atom is 0.271 e. The molecule has 0 aliphatic carbocycles. The molecule has 3 heterocycles. The third-order valence-corrected chi connectivity index (χ3v) is 4.80. The average Bonchev–Trinajstić information content (AvgIpc) is 2.96. The van der Waals surface area contributed by atoms with Gasteiger partial charge in [0, 0.05) is 38.2 Å². The molecule has 0 saturated carbocycles. The first-order valence-corrected chi connectivity index (χ1v) is 8.93. The lowest BCUT2D eigenvalue weighted by Crippen LogP contribution is -2.49. The highest BCUT2D eigenvalue weighted by molar-refractivity contribution is 7.88. The van der Waals surface area contributed by atoms with Crippen molar-refractivity contribution in [1.82, 2.24) is 24.0 Å². The molecule has 0 spiro atoms. The summed E-state index contributed by atoms with van der Waals surface area (Å²) in [5.74, 6) is 0.0883. The van der Waals surface area contributed by atoms with Gasteiger partial charge in [0.15, 0.2) is 0 Å². The quantitative estimate of drug-likeness (QED) is 0.775. The lowest BCUT2D eigenvalue weighted by molar-refractivity contribution is 0.000415. The Bertz CT molecular complexity index is 786. The second-order valence-electron chi connectivity index (χ2n) is 5.28. The van der Waals surface area contributed by atoms with Crippen LogP contribution in [0, 0.1) is 0 Å². The van der Waals surface area contributed by atoms with Crippen molar-refractivity contribution in [3.63, 3.8) is 0 Å². The number of carbonyl (C=O) groups is 1. The minimum Gasteiger partial charge on any atom is -0.374 e. The summed E-state index contributed by atoms with van der Waals surface area (Å²) in [5, 5.41) is 2.71. The molecule has 2 aromatic heterocycles. The van der Waals surface area contributed by atoms with Crippen molar-refractivity contribution in [2.45, 2.75) is 6.10 Å². The van der Waals surface area contributed by atoms with Gasteiger partial charge in [-0.25, -0.2) is 18.4 Å². The molecule has 1 aliphatic rings. The molecule has 0 bridgehead atoms. The fraction of sp³-hybridized carbons (Fsp3) is 0.462. The molecule has 0 unspecified atom stereocenters. The number of fused-ring (bicyclic) bond motifs is 1. The SMILES string of the molecule is CS(=O)(=O)N1CCO[C@@H](CNC(=O)c2cn3cccnc3n2)C1. The number of amides is 1. The summed E-state index contributed by atoms with van der Waals surface area (Å²) >= 11 is 0. The van der Waals surface area contributed by atoms with E-state index >= 15 is 0 Å². The molecule has 23 heavy (non-hydrogen) atoms. The second kappa shape index (κ2) is 6.22. The Labute approximate surface area is 133 Å². The van der Waals surface area contributed by atoms with Gasteiger partial charge in [0.25, 0.3) is 5.91 Å². The maximum atomic E-state index is 12.1. The maximum absolute atomic E-state index is 12.1. The molecule has 1 aliphatic heterocycles. The number of sulfonamides is 1. The predicted molar refractivity (Wildman–Crippen MR) is 81.5 cm³/mol. The Hall–Kier alpha value is -2.04. The standard InChI is InChI=1S/C13H17N5O4S/c1-23(20,21)18-5-6-22-10(8-18)7-15-12(19)11-9-17-4-2-3-14-13(17)16-11/h2-4,9-10H,5-8H2,1H3,(H,15,19)/t10-/m0/s1. The van der Waals surface area contributed by atoms with E-state index in [1.165, 1.54) is 4.31 Å². The van der Waals surface area contributed by atoms with Crippen LogP contribution in [0.4, 0.5) is 0 Å². The van der Waals surface area contributed by atoms with Crippen LogP contribution in [0.25, 0.3) is 5.78 Å². The monoisotopic (exact) mass is 339 g/mol. The highest BCUT2D eigenvalue weighted by atomic mass is 32.2. The van der Waals surface area contributed by atoms with Gasteiger partial charge in [-0.05, 0) is 6.07 Å². The third kappa shape index (κ3) is 3.66. The van der Waals surface area contributed by atoms with Crippen LogP contribution < -0.4 is 5.32 Å². The molecule has 1 amide bonds. The van der Waals surface area contributed by atoms with Crippen molar-refractivity contribution in [1.29, 1.82) is 0 Å². The highest BCUT2D eigenvalue weighted by Gasteiger charge is 2.27. The molecule has 0 radical (unpaired) electrons. The first-order chi connectivity index (χ1) is 10.9. The number of nitrogens with zero attached hydrogens (tertiary/aromatic N) is 4. The number of hydrogen-bond donors (Lipinski definition) is 1. The second-order valence-corrected chi connectivity index (χ2v) is 7.26. The van der Waals surface area contributed by atoms with Crippen molar-refractivity contribution >= 4 is 21.7 Å². The fourth-order valence-electron chi connectivity index (χ4n) is 2.35. The van der Waals surface area contributed by atoms with Crippen molar-refractivity contribution in [2.75, 3.05) is 32.5 Å². The number of imidazole rings is 1. The zero-order valence-electron chi connectivity index (χ0n) is 12.5. The Morgan fingerprint density at radius 3 is 3.09 bits per heavy atom. The lowest BCUT2D eigenvalue weighted by atomic mass is 10.3. The Balaban J connectivity index is 1.60. The molecular formula is C13H17N5O4S. The van der Waals surface area contributed by atoms with E-state index in [9.17, 15) is 13.2 Å². The molecule has 0 aromatic carbocycles. The van der Waals surface area contributed by atoms with Crippen LogP contribution in [0.15, 0.2) is 24.7 Å². The van der Waals surface area contributed by atoms with E-state index in [0.717, 1.165) is 6.26 Å². The predicted octanol–water partition coefficient (Wildman–Crippen LogP) is -0.880. The van der Waals surface area contributed by atoms with Gasteiger partial charge in [0.1, 0.15) is 5.69 Å². The number of ether oxygens (including phenoxy) is 1. The number of morpholine rings is 1. The van der Waals surface area contributed by atoms with Crippen LogP contribution in [-0.2, 0) is 14.8 Å². The van der Waals surface area contributed by atoms with E-state index in [4.69, 9.17) is 4.74 Å². The van der Waals surface area contributed by atoms with Crippen LogP contribution in [0.3, 0.4) is 0 Å². The number of nitrogens with one attached hydrogen (secondary N) is 1. The molecular weight excluding hydrogens is 322 g/mol. The number of rotatable bonds is 4. The molecule has 1 saturated heterocycles. The van der Waals surface area contributed by atoms with E-state index in [0.29, 0.717) is 18.9 Å². The molecule has 124 valence electrons. The van der Waals surface area contributed by atoms with Gasteiger partial charge in [-0.1, -0.05) is 0 Å². The van der Waals surface area contributed by atoms with Crippen LogP contribution >= 0.6 is 0 Å². The van der Waals surface area contributed by atoms with E-state index in [1.807, 2.05) is 0 Å². The van der Waals surface area contributed by atoms with E-state index in [2.05, 4.69) is 15.3 Å². The lowest BCUT2D eigenvalue weighted by Gasteiger charge is -2.31. The van der Waals surface area contributed by atoms with Crippen molar-refractivity contribution in [2.24, 2.45) is 0 Å². The number of carbonyl (C=O) groups excluding carboxylic acids is 1. The largest absolute Gasteiger partial charge is 0.374 e. The summed E-state index contributed by atoms with van der Waals surface area (Å²) < 4.78 is 31.6. The van der Waals surface area contributed by atoms with Gasteiger partial charge in [0.05, 0.1) is 19.0 Å². The Morgan fingerprint density at radius 1 is 1.52 bits per heavy atom. The summed E-state index contributed by atoms with van der Waals surface area (Å²) in [4.78, 5) is 20.3. The van der Waals surface area contributed by atoms with Gasteiger partial charge >= 0.3 is 0 Å². The summed E-state index contributed by atoms with van der Waals surface area (Å²) in [6.45, 7) is 1.09. The van der Waals surface area contributed by atoms with Gasteiger partial charge in [-0.2, -0.15) is 4.31 Å².